The summed E-state index contributed by atoms with van der Waals surface area (Å²) in [6.07, 6.45) is 2.01. The van der Waals surface area contributed by atoms with E-state index in [4.69, 9.17) is 23.2 Å². The Hall–Kier alpha value is -3.25. The van der Waals surface area contributed by atoms with Crippen LogP contribution in [-0.4, -0.2) is 22.4 Å². The molecule has 1 heterocycles. The molecule has 4 aromatic carbocycles. The third kappa shape index (κ3) is 4.42. The van der Waals surface area contributed by atoms with Crippen molar-refractivity contribution in [2.24, 2.45) is 0 Å². The zero-order chi connectivity index (χ0) is 23.7. The molecular formula is C27H19Cl2N3OS. The standard InChI is InChI=1S/C27H19Cl2N3OS/c1-34-19-11-12-20(22(15-19)16-6-8-17(28)9-7-16)27(33)30-18-10-13-24(29)23(14-18)26-21-4-2-3-5-25(21)31-32-26/h2-15H,1H3,(H,30,33)(H,31,32). The monoisotopic (exact) mass is 503 g/mol. The number of thioether (sulfide) groups is 1. The number of carbonyl (C=O) groups is 1. The van der Waals surface area contributed by atoms with Gasteiger partial charge in [0, 0.05) is 32.1 Å². The van der Waals surface area contributed by atoms with Crippen molar-refractivity contribution in [2.45, 2.75) is 4.90 Å². The highest BCUT2D eigenvalue weighted by molar-refractivity contribution is 7.98. The highest BCUT2D eigenvalue weighted by atomic mass is 35.5. The number of benzene rings is 4. The van der Waals surface area contributed by atoms with E-state index in [0.717, 1.165) is 38.2 Å². The number of hydrogen-bond donors (Lipinski definition) is 2. The number of H-pyrrole nitrogens is 1. The maximum Gasteiger partial charge on any atom is 0.256 e. The lowest BCUT2D eigenvalue weighted by atomic mass is 9.99. The molecule has 1 aromatic heterocycles. The Kier molecular flexibility index (Phi) is 6.33. The number of aromatic amines is 1. The minimum atomic E-state index is -0.210. The van der Waals surface area contributed by atoms with Crippen LogP contribution in [0, 0.1) is 0 Å². The largest absolute Gasteiger partial charge is 0.322 e. The van der Waals surface area contributed by atoms with E-state index >= 15 is 0 Å². The summed E-state index contributed by atoms with van der Waals surface area (Å²) in [5, 5.41) is 12.7. The predicted octanol–water partition coefficient (Wildman–Crippen LogP) is 8.18. The van der Waals surface area contributed by atoms with Crippen LogP contribution in [0.3, 0.4) is 0 Å². The Morgan fingerprint density at radius 3 is 2.50 bits per heavy atom. The molecular weight excluding hydrogens is 485 g/mol. The lowest BCUT2D eigenvalue weighted by Crippen LogP contribution is -2.13. The van der Waals surface area contributed by atoms with Crippen molar-refractivity contribution in [1.29, 1.82) is 0 Å². The Bertz CT molecular complexity index is 1510. The number of nitrogens with zero attached hydrogens (tertiary/aromatic N) is 1. The second kappa shape index (κ2) is 9.55. The maximum atomic E-state index is 13.4. The van der Waals surface area contributed by atoms with Crippen LogP contribution in [0.25, 0.3) is 33.3 Å². The number of fused-ring (bicyclic) bond motifs is 1. The quantitative estimate of drug-likeness (QED) is 0.237. The van der Waals surface area contributed by atoms with Gasteiger partial charge in [-0.25, -0.2) is 0 Å². The van der Waals surface area contributed by atoms with Gasteiger partial charge in [0.2, 0.25) is 0 Å². The first-order chi connectivity index (χ1) is 16.5. The Labute approximate surface area is 211 Å². The van der Waals surface area contributed by atoms with Crippen LogP contribution in [0.15, 0.2) is 89.8 Å². The summed E-state index contributed by atoms with van der Waals surface area (Å²) in [5.74, 6) is -0.210. The summed E-state index contributed by atoms with van der Waals surface area (Å²) in [4.78, 5) is 14.4. The molecule has 0 aliphatic rings. The lowest BCUT2D eigenvalue weighted by molar-refractivity contribution is 0.102. The lowest BCUT2D eigenvalue weighted by Gasteiger charge is -2.13. The summed E-state index contributed by atoms with van der Waals surface area (Å²) in [5.41, 5.74) is 5.37. The zero-order valence-electron chi connectivity index (χ0n) is 18.1. The van der Waals surface area contributed by atoms with Gasteiger partial charge >= 0.3 is 0 Å². The first kappa shape index (κ1) is 22.5. The molecule has 0 atom stereocenters. The van der Waals surface area contributed by atoms with E-state index in [1.165, 1.54) is 0 Å². The molecule has 0 radical (unpaired) electrons. The number of carbonyl (C=O) groups excluding carboxylic acids is 1. The Morgan fingerprint density at radius 1 is 0.912 bits per heavy atom. The maximum absolute atomic E-state index is 13.4. The molecule has 4 nitrogen and oxygen atoms in total. The Balaban J connectivity index is 1.51. The van der Waals surface area contributed by atoms with Gasteiger partial charge < -0.3 is 5.32 Å². The van der Waals surface area contributed by atoms with Crippen molar-refractivity contribution in [3.05, 3.63) is 101 Å². The molecule has 168 valence electrons. The summed E-state index contributed by atoms with van der Waals surface area (Å²) in [6.45, 7) is 0. The molecule has 34 heavy (non-hydrogen) atoms. The number of anilines is 1. The van der Waals surface area contributed by atoms with Crippen LogP contribution in [0.4, 0.5) is 5.69 Å². The van der Waals surface area contributed by atoms with Gasteiger partial charge in [-0.3, -0.25) is 9.89 Å². The topological polar surface area (TPSA) is 57.8 Å². The minimum absolute atomic E-state index is 0.210. The van der Waals surface area contributed by atoms with Crippen molar-refractivity contribution in [1.82, 2.24) is 10.2 Å². The number of aromatic nitrogens is 2. The summed E-state index contributed by atoms with van der Waals surface area (Å²) in [7, 11) is 0. The summed E-state index contributed by atoms with van der Waals surface area (Å²) >= 11 is 14.2. The SMILES string of the molecule is CSc1ccc(C(=O)Nc2ccc(Cl)c(-c3n[nH]c4ccccc34)c2)c(-c2ccc(Cl)cc2)c1. The normalized spacial score (nSPS) is 11.0. The second-order valence-electron chi connectivity index (χ2n) is 7.68. The van der Waals surface area contributed by atoms with Gasteiger partial charge in [-0.2, -0.15) is 5.10 Å². The molecule has 0 bridgehead atoms. The van der Waals surface area contributed by atoms with Gasteiger partial charge in [-0.05, 0) is 72.0 Å². The van der Waals surface area contributed by atoms with Gasteiger partial charge in [0.1, 0.15) is 5.69 Å². The van der Waals surface area contributed by atoms with Crippen molar-refractivity contribution in [2.75, 3.05) is 11.6 Å². The average Bonchev–Trinajstić information content (AvgIpc) is 3.29. The van der Waals surface area contributed by atoms with Gasteiger partial charge in [0.05, 0.1) is 10.5 Å². The van der Waals surface area contributed by atoms with E-state index in [0.29, 0.717) is 21.3 Å². The molecule has 0 fully saturated rings. The summed E-state index contributed by atoms with van der Waals surface area (Å²) in [6, 6.07) is 26.6. The molecule has 5 aromatic rings. The van der Waals surface area contributed by atoms with Crippen LogP contribution >= 0.6 is 35.0 Å². The minimum Gasteiger partial charge on any atom is -0.322 e. The molecule has 0 saturated heterocycles. The molecule has 0 saturated carbocycles. The first-order valence-electron chi connectivity index (χ1n) is 10.5. The number of halogens is 2. The molecule has 2 N–H and O–H groups in total. The van der Waals surface area contributed by atoms with Crippen LogP contribution in [0.2, 0.25) is 10.0 Å². The first-order valence-corrected chi connectivity index (χ1v) is 12.5. The van der Waals surface area contributed by atoms with E-state index in [-0.39, 0.29) is 5.91 Å². The van der Waals surface area contributed by atoms with Gasteiger partial charge in [0.25, 0.3) is 5.91 Å². The van der Waals surface area contributed by atoms with Crippen LogP contribution < -0.4 is 5.32 Å². The van der Waals surface area contributed by atoms with Gasteiger partial charge in [-0.1, -0.05) is 53.5 Å². The number of para-hydroxylation sites is 1. The highest BCUT2D eigenvalue weighted by Gasteiger charge is 2.16. The fourth-order valence-corrected chi connectivity index (χ4v) is 4.64. The van der Waals surface area contributed by atoms with Crippen molar-refractivity contribution in [3.63, 3.8) is 0 Å². The second-order valence-corrected chi connectivity index (χ2v) is 9.41. The molecule has 0 unspecified atom stereocenters. The van der Waals surface area contributed by atoms with Crippen LogP contribution in [0.5, 0.6) is 0 Å². The smallest absolute Gasteiger partial charge is 0.256 e. The molecule has 0 aliphatic carbocycles. The Morgan fingerprint density at radius 2 is 1.71 bits per heavy atom. The van der Waals surface area contributed by atoms with E-state index in [1.807, 2.05) is 79.1 Å². The predicted molar refractivity (Wildman–Crippen MR) is 143 cm³/mol. The third-order valence-electron chi connectivity index (χ3n) is 5.58. The average molecular weight is 504 g/mol. The molecule has 5 rings (SSSR count). The molecule has 1 amide bonds. The molecule has 0 aliphatic heterocycles. The van der Waals surface area contributed by atoms with Gasteiger partial charge in [0.15, 0.2) is 0 Å². The van der Waals surface area contributed by atoms with Crippen LogP contribution in [-0.2, 0) is 0 Å². The zero-order valence-corrected chi connectivity index (χ0v) is 20.4. The van der Waals surface area contributed by atoms with E-state index < -0.39 is 0 Å². The summed E-state index contributed by atoms with van der Waals surface area (Å²) < 4.78 is 0. The van der Waals surface area contributed by atoms with E-state index in [2.05, 4.69) is 15.5 Å². The van der Waals surface area contributed by atoms with E-state index in [1.54, 1.807) is 23.9 Å². The van der Waals surface area contributed by atoms with Crippen LogP contribution in [0.1, 0.15) is 10.4 Å². The van der Waals surface area contributed by atoms with Crippen molar-refractivity contribution < 1.29 is 4.79 Å². The molecule has 0 spiro atoms. The van der Waals surface area contributed by atoms with Crippen molar-refractivity contribution >= 4 is 57.5 Å². The molecule has 7 heteroatoms. The van der Waals surface area contributed by atoms with Crippen molar-refractivity contribution in [3.8, 4) is 22.4 Å². The number of hydrogen-bond acceptors (Lipinski definition) is 3. The number of rotatable bonds is 5. The number of nitrogens with one attached hydrogen (secondary N) is 2. The van der Waals surface area contributed by atoms with E-state index in [9.17, 15) is 4.79 Å². The van der Waals surface area contributed by atoms with Gasteiger partial charge in [-0.15, -0.1) is 11.8 Å². The fraction of sp³-hybridized carbons (Fsp3) is 0.0370. The number of amides is 1. The highest BCUT2D eigenvalue weighted by Crippen LogP contribution is 2.35. The third-order valence-corrected chi connectivity index (χ3v) is 6.88. The fourth-order valence-electron chi connectivity index (χ4n) is 3.87.